The Bertz CT molecular complexity index is 477. The monoisotopic (exact) mass is 240 g/mol. The molecule has 1 aromatic heterocycles. The predicted octanol–water partition coefficient (Wildman–Crippen LogP) is 1.13. The molecule has 0 aliphatic carbocycles. The lowest BCUT2D eigenvalue weighted by molar-refractivity contribution is 0.0596. The maximum atomic E-state index is 11.4. The summed E-state index contributed by atoms with van der Waals surface area (Å²) >= 11 is 1.35. The molecular formula is C10H12N2O3S. The van der Waals surface area contributed by atoms with Crippen molar-refractivity contribution in [1.82, 2.24) is 4.98 Å². The number of nitrogens with zero attached hydrogens (tertiary/aromatic N) is 1. The zero-order valence-electron chi connectivity index (χ0n) is 9.23. The number of pyridine rings is 1. The minimum absolute atomic E-state index is 0.149. The Balaban J connectivity index is 3.37. The van der Waals surface area contributed by atoms with E-state index in [1.54, 1.807) is 6.07 Å². The van der Waals surface area contributed by atoms with Crippen LogP contribution in [0.1, 0.15) is 15.9 Å². The smallest absolute Gasteiger partial charge is 0.343 e. The minimum Gasteiger partial charge on any atom is -0.480 e. The van der Waals surface area contributed by atoms with Crippen LogP contribution in [0, 0.1) is 5.18 Å². The second-order valence-electron chi connectivity index (χ2n) is 2.78. The summed E-state index contributed by atoms with van der Waals surface area (Å²) in [4.78, 5) is 15.4. The summed E-state index contributed by atoms with van der Waals surface area (Å²) in [6.07, 6.45) is 1.83. The van der Waals surface area contributed by atoms with Gasteiger partial charge in [0.15, 0.2) is 0 Å². The third kappa shape index (κ3) is 2.42. The van der Waals surface area contributed by atoms with Crippen LogP contribution in [-0.2, 0) is 4.74 Å². The van der Waals surface area contributed by atoms with Gasteiger partial charge in [-0.15, -0.1) is 11.2 Å². The molecule has 0 amide bonds. The first-order valence-electron chi connectivity index (χ1n) is 4.35. The van der Waals surface area contributed by atoms with Crippen molar-refractivity contribution < 1.29 is 14.3 Å². The van der Waals surface area contributed by atoms with Gasteiger partial charge in [-0.3, -0.25) is 0 Å². The number of esters is 1. The zero-order chi connectivity index (χ0) is 12.1. The summed E-state index contributed by atoms with van der Waals surface area (Å²) in [6, 6.07) is 1.55. The van der Waals surface area contributed by atoms with Crippen molar-refractivity contribution in [2.24, 2.45) is 0 Å². The number of nitrogen functional groups attached to an aromatic ring is 1. The van der Waals surface area contributed by atoms with E-state index < -0.39 is 5.97 Å². The number of carbonyl (C=O) groups excluding carboxylic acids is 1. The summed E-state index contributed by atoms with van der Waals surface area (Å²) in [5.74, 6) is -0.108. The molecule has 0 unspecified atom stereocenters. The Labute approximate surface area is 97.2 Å². The van der Waals surface area contributed by atoms with Crippen LogP contribution in [0.3, 0.4) is 0 Å². The van der Waals surface area contributed by atoms with Crippen molar-refractivity contribution in [3.8, 4) is 11.1 Å². The molecule has 0 aliphatic rings. The van der Waals surface area contributed by atoms with Crippen molar-refractivity contribution in [3.63, 3.8) is 0 Å². The number of aromatic nitrogens is 1. The fraction of sp³-hybridized carbons (Fsp3) is 0.300. The normalized spacial score (nSPS) is 9.19. The highest BCUT2D eigenvalue weighted by Crippen LogP contribution is 2.21. The first-order chi connectivity index (χ1) is 7.63. The molecule has 0 radical (unpaired) electrons. The van der Waals surface area contributed by atoms with E-state index in [4.69, 9.17) is 10.5 Å². The third-order valence-electron chi connectivity index (χ3n) is 1.83. The van der Waals surface area contributed by atoms with Gasteiger partial charge in [0.1, 0.15) is 11.4 Å². The molecule has 1 heterocycles. The number of hydrogen-bond acceptors (Lipinski definition) is 5. The van der Waals surface area contributed by atoms with Gasteiger partial charge in [0.2, 0.25) is 5.88 Å². The Morgan fingerprint density at radius 2 is 2.25 bits per heavy atom. The van der Waals surface area contributed by atoms with Gasteiger partial charge in [0, 0.05) is 6.26 Å². The lowest BCUT2D eigenvalue weighted by Gasteiger charge is -2.07. The predicted molar refractivity (Wildman–Crippen MR) is 63.0 cm³/mol. The Hall–Kier alpha value is -1.78. The van der Waals surface area contributed by atoms with Crippen LogP contribution in [0.15, 0.2) is 6.07 Å². The van der Waals surface area contributed by atoms with E-state index in [2.05, 4.69) is 14.9 Å². The molecular weight excluding hydrogens is 228 g/mol. The average Bonchev–Trinajstić information content (AvgIpc) is 2.30. The molecule has 1 aromatic rings. The van der Waals surface area contributed by atoms with Gasteiger partial charge < -0.3 is 15.2 Å². The number of carbonyl (C=O) groups is 1. The summed E-state index contributed by atoms with van der Waals surface area (Å²) in [5.41, 5.74) is 6.46. The van der Waals surface area contributed by atoms with Crippen LogP contribution in [-0.4, -0.2) is 31.4 Å². The maximum Gasteiger partial charge on any atom is 0.343 e. The van der Waals surface area contributed by atoms with Gasteiger partial charge in [0.05, 0.1) is 19.8 Å². The number of rotatable bonds is 2. The topological polar surface area (TPSA) is 74.4 Å². The van der Waals surface area contributed by atoms with Crippen LogP contribution in [0.25, 0.3) is 0 Å². The van der Waals surface area contributed by atoms with Crippen molar-refractivity contribution in [3.05, 3.63) is 17.2 Å². The molecule has 0 saturated heterocycles. The molecule has 1 rings (SSSR count). The van der Waals surface area contributed by atoms with E-state index >= 15 is 0 Å². The van der Waals surface area contributed by atoms with Crippen LogP contribution < -0.4 is 10.5 Å². The van der Waals surface area contributed by atoms with Gasteiger partial charge in [-0.2, -0.15) is 4.98 Å². The molecule has 5 nitrogen and oxygen atoms in total. The van der Waals surface area contributed by atoms with Crippen LogP contribution in [0.4, 0.5) is 5.82 Å². The highest BCUT2D eigenvalue weighted by Gasteiger charge is 2.16. The van der Waals surface area contributed by atoms with E-state index in [0.717, 1.165) is 0 Å². The zero-order valence-corrected chi connectivity index (χ0v) is 10.1. The first kappa shape index (κ1) is 12.3. The number of hydrogen-bond donors (Lipinski definition) is 1. The van der Waals surface area contributed by atoms with E-state index in [-0.39, 0.29) is 17.3 Å². The van der Waals surface area contributed by atoms with Crippen molar-refractivity contribution in [1.29, 1.82) is 0 Å². The van der Waals surface area contributed by atoms with Crippen LogP contribution in [0.2, 0.25) is 0 Å². The fourth-order valence-corrected chi connectivity index (χ4v) is 1.50. The van der Waals surface area contributed by atoms with E-state index in [9.17, 15) is 4.79 Å². The van der Waals surface area contributed by atoms with Gasteiger partial charge in [-0.1, -0.05) is 5.18 Å². The Morgan fingerprint density at radius 3 is 2.75 bits per heavy atom. The second kappa shape index (κ2) is 5.34. The summed E-state index contributed by atoms with van der Waals surface area (Å²) in [5, 5.41) is 2.91. The quantitative estimate of drug-likeness (QED) is 0.784. The first-order valence-corrected chi connectivity index (χ1v) is 5.58. The van der Waals surface area contributed by atoms with Gasteiger partial charge in [0.25, 0.3) is 0 Å². The number of ether oxygens (including phenoxy) is 2. The standard InChI is InChI=1S/C10H12N2O3S/c1-14-9-7(10(13)15-2)4-6(5-16-3)8(11)12-9/h4H,1-3H3,(H2,11,12). The Kier molecular flexibility index (Phi) is 4.10. The SMILES string of the molecule is COC(=O)c1cc(C#SC)c(N)nc1OC. The van der Waals surface area contributed by atoms with E-state index in [1.165, 1.54) is 25.4 Å². The highest BCUT2D eigenvalue weighted by molar-refractivity contribution is 7.88. The molecule has 2 N–H and O–H groups in total. The summed E-state index contributed by atoms with van der Waals surface area (Å²) in [6.45, 7) is 0. The highest BCUT2D eigenvalue weighted by atomic mass is 32.1. The van der Waals surface area contributed by atoms with Crippen LogP contribution in [0.5, 0.6) is 5.88 Å². The Morgan fingerprint density at radius 1 is 1.56 bits per heavy atom. The molecule has 0 saturated carbocycles. The molecule has 6 heteroatoms. The largest absolute Gasteiger partial charge is 0.480 e. The van der Waals surface area contributed by atoms with Crippen molar-refractivity contribution in [2.45, 2.75) is 0 Å². The van der Waals surface area contributed by atoms with Gasteiger partial charge >= 0.3 is 5.97 Å². The molecule has 86 valence electrons. The molecule has 0 atom stereocenters. The van der Waals surface area contributed by atoms with Crippen molar-refractivity contribution >= 4 is 23.0 Å². The molecule has 0 bridgehead atoms. The maximum absolute atomic E-state index is 11.4. The number of nitrogens with two attached hydrogens (primary N) is 1. The van der Waals surface area contributed by atoms with E-state index in [1.807, 2.05) is 6.26 Å². The summed E-state index contributed by atoms with van der Waals surface area (Å²) < 4.78 is 9.57. The third-order valence-corrected chi connectivity index (χ3v) is 2.25. The summed E-state index contributed by atoms with van der Waals surface area (Å²) in [7, 11) is 2.70. The second-order valence-corrected chi connectivity index (χ2v) is 3.39. The molecule has 0 spiro atoms. The van der Waals surface area contributed by atoms with Gasteiger partial charge in [-0.25, -0.2) is 4.79 Å². The molecule has 0 fully saturated rings. The molecule has 0 aliphatic heterocycles. The van der Waals surface area contributed by atoms with Gasteiger partial charge in [-0.05, 0) is 6.07 Å². The number of methoxy groups -OCH3 is 2. The fourth-order valence-electron chi connectivity index (χ4n) is 1.11. The van der Waals surface area contributed by atoms with E-state index in [0.29, 0.717) is 5.56 Å². The number of anilines is 1. The average molecular weight is 240 g/mol. The lowest BCUT2D eigenvalue weighted by Crippen LogP contribution is -2.08. The minimum atomic E-state index is -0.520. The van der Waals surface area contributed by atoms with Crippen LogP contribution >= 0.6 is 11.2 Å². The van der Waals surface area contributed by atoms with Crippen molar-refractivity contribution in [2.75, 3.05) is 26.2 Å². The molecule has 16 heavy (non-hydrogen) atoms. The lowest BCUT2D eigenvalue weighted by atomic mass is 10.2. The molecule has 0 aromatic carbocycles.